The average Bonchev–Trinajstić information content (AvgIpc) is 3.40. The molecule has 3 aromatic heterocycles. The van der Waals surface area contributed by atoms with Crippen molar-refractivity contribution in [1.82, 2.24) is 24.0 Å². The van der Waals surface area contributed by atoms with Crippen molar-refractivity contribution < 1.29 is 13.6 Å². The van der Waals surface area contributed by atoms with E-state index in [0.717, 1.165) is 46.2 Å². The fourth-order valence-electron chi connectivity index (χ4n) is 6.12. The van der Waals surface area contributed by atoms with Crippen LogP contribution in [0, 0.1) is 12.8 Å². The van der Waals surface area contributed by atoms with Gasteiger partial charge in [0, 0.05) is 47.4 Å². The molecule has 1 N–H and O–H groups in total. The highest BCUT2D eigenvalue weighted by molar-refractivity contribution is 6.31. The number of carbonyl (C=O) groups is 1. The van der Waals surface area contributed by atoms with Crippen LogP contribution in [0.15, 0.2) is 65.7 Å². The molecule has 0 aliphatic heterocycles. The maximum absolute atomic E-state index is 13.8. The Bertz CT molecular complexity index is 1830. The van der Waals surface area contributed by atoms with Crippen molar-refractivity contribution in [1.29, 1.82) is 0 Å². The van der Waals surface area contributed by atoms with Crippen LogP contribution in [-0.2, 0) is 13.6 Å². The van der Waals surface area contributed by atoms with Crippen LogP contribution >= 0.6 is 11.6 Å². The number of nitrogens with one attached hydrogen (secondary N) is 1. The molecule has 1 amide bonds. The predicted octanol–water partition coefficient (Wildman–Crippen LogP) is 6.57. The Labute approximate surface area is 240 Å². The molecule has 3 heterocycles. The van der Waals surface area contributed by atoms with E-state index in [1.54, 1.807) is 10.8 Å². The summed E-state index contributed by atoms with van der Waals surface area (Å²) in [6.07, 6.45) is 3.99. The van der Waals surface area contributed by atoms with Crippen molar-refractivity contribution in [2.75, 3.05) is 0 Å². The van der Waals surface area contributed by atoms with Gasteiger partial charge < -0.3 is 9.88 Å². The molecule has 212 valence electrons. The maximum Gasteiger partial charge on any atom is 0.333 e. The summed E-state index contributed by atoms with van der Waals surface area (Å²) in [5.74, 6) is -0.301. The standard InChI is InChI=1S/C31H30ClF2N5O2/c1-18-16-37(2)29-24(18)14-22(15-35-29)39-27-6-4-3-5-26(27)38(31(39)41)17-19-7-10-21(11-8-19)36-30(40)25-13-20(32)9-12-23(25)28(33)34/h3-6,9,12-16,19,21,28H,7-8,10-11,17H2,1-2H3,(H,36,40)/t19-,21-. The third kappa shape index (κ3) is 5.03. The molecule has 6 rings (SSSR count). The molecule has 1 aliphatic rings. The van der Waals surface area contributed by atoms with E-state index >= 15 is 0 Å². The van der Waals surface area contributed by atoms with Gasteiger partial charge in [0.2, 0.25) is 0 Å². The van der Waals surface area contributed by atoms with Gasteiger partial charge >= 0.3 is 5.69 Å². The molecule has 0 spiro atoms. The van der Waals surface area contributed by atoms with Gasteiger partial charge in [-0.05, 0) is 74.4 Å². The lowest BCUT2D eigenvalue weighted by atomic mass is 9.85. The summed E-state index contributed by atoms with van der Waals surface area (Å²) in [6, 6.07) is 13.5. The van der Waals surface area contributed by atoms with E-state index < -0.39 is 12.3 Å². The molecule has 1 saturated carbocycles. The van der Waals surface area contributed by atoms with Crippen LogP contribution in [0.3, 0.4) is 0 Å². The highest BCUT2D eigenvalue weighted by atomic mass is 35.5. The molecule has 0 radical (unpaired) electrons. The molecule has 41 heavy (non-hydrogen) atoms. The number of carbonyl (C=O) groups excluding carboxylic acids is 1. The smallest absolute Gasteiger partial charge is 0.333 e. The van der Waals surface area contributed by atoms with Crippen molar-refractivity contribution >= 4 is 39.6 Å². The van der Waals surface area contributed by atoms with Crippen LogP contribution in [0.25, 0.3) is 27.8 Å². The Balaban J connectivity index is 1.20. The van der Waals surface area contributed by atoms with Gasteiger partial charge in [0.15, 0.2) is 0 Å². The number of para-hydroxylation sites is 2. The number of benzene rings is 2. The van der Waals surface area contributed by atoms with E-state index in [1.807, 2.05) is 59.6 Å². The van der Waals surface area contributed by atoms with Crippen molar-refractivity contribution in [2.24, 2.45) is 13.0 Å². The highest BCUT2D eigenvalue weighted by Crippen LogP contribution is 2.30. The molecule has 1 fully saturated rings. The first-order chi connectivity index (χ1) is 19.7. The number of hydrogen-bond acceptors (Lipinski definition) is 3. The third-order valence-electron chi connectivity index (χ3n) is 8.21. The Hall–Kier alpha value is -3.98. The van der Waals surface area contributed by atoms with Gasteiger partial charge in [-0.1, -0.05) is 29.8 Å². The lowest BCUT2D eigenvalue weighted by Gasteiger charge is -2.29. The van der Waals surface area contributed by atoms with Crippen molar-refractivity contribution in [3.8, 4) is 5.69 Å². The van der Waals surface area contributed by atoms with E-state index in [0.29, 0.717) is 19.4 Å². The average molecular weight is 578 g/mol. The fraction of sp³-hybridized carbons (Fsp3) is 0.323. The van der Waals surface area contributed by atoms with Crippen LogP contribution < -0.4 is 11.0 Å². The fourth-order valence-corrected chi connectivity index (χ4v) is 6.29. The molecular weight excluding hydrogens is 548 g/mol. The monoisotopic (exact) mass is 577 g/mol. The van der Waals surface area contributed by atoms with E-state index in [4.69, 9.17) is 11.6 Å². The second kappa shape index (κ2) is 10.8. The molecule has 0 atom stereocenters. The second-order valence-corrected chi connectivity index (χ2v) is 11.4. The van der Waals surface area contributed by atoms with Gasteiger partial charge in [0.25, 0.3) is 12.3 Å². The van der Waals surface area contributed by atoms with Crippen LogP contribution in [0.5, 0.6) is 0 Å². The van der Waals surface area contributed by atoms with Crippen molar-refractivity contribution in [3.63, 3.8) is 0 Å². The van der Waals surface area contributed by atoms with Crippen molar-refractivity contribution in [3.05, 3.63) is 93.1 Å². The summed E-state index contributed by atoms with van der Waals surface area (Å²) < 4.78 is 32.4. The van der Waals surface area contributed by atoms with Crippen LogP contribution in [-0.4, -0.2) is 30.6 Å². The second-order valence-electron chi connectivity index (χ2n) is 10.9. The summed E-state index contributed by atoms with van der Waals surface area (Å²) >= 11 is 5.97. The SMILES string of the molecule is Cc1cn(C)c2ncc(-n3c(=O)n(C[C@H]4CC[C@H](NC(=O)c5cc(Cl)ccc5C(F)F)CC4)c4ccccc43)cc12. The number of halogens is 3. The van der Waals surface area contributed by atoms with Gasteiger partial charge in [-0.3, -0.25) is 13.9 Å². The number of pyridine rings is 1. The number of amides is 1. The lowest BCUT2D eigenvalue weighted by Crippen LogP contribution is -2.39. The molecular formula is C31H30ClF2N5O2. The maximum atomic E-state index is 13.8. The Morgan fingerprint density at radius 3 is 2.56 bits per heavy atom. The summed E-state index contributed by atoms with van der Waals surface area (Å²) in [5.41, 5.74) is 3.84. The number of hydrogen-bond donors (Lipinski definition) is 1. The number of aromatic nitrogens is 4. The van der Waals surface area contributed by atoms with Gasteiger partial charge in [-0.15, -0.1) is 0 Å². The number of aryl methyl sites for hydroxylation is 2. The zero-order valence-corrected chi connectivity index (χ0v) is 23.5. The minimum atomic E-state index is -2.77. The van der Waals surface area contributed by atoms with Crippen molar-refractivity contribution in [2.45, 2.75) is 51.6 Å². The molecule has 0 saturated heterocycles. The summed E-state index contributed by atoms with van der Waals surface area (Å²) in [6.45, 7) is 2.59. The van der Waals surface area contributed by atoms with Gasteiger partial charge in [0.1, 0.15) is 5.65 Å². The number of nitrogens with zero attached hydrogens (tertiary/aromatic N) is 4. The van der Waals surface area contributed by atoms with E-state index in [2.05, 4.69) is 10.3 Å². The lowest BCUT2D eigenvalue weighted by molar-refractivity contribution is 0.0907. The van der Waals surface area contributed by atoms with E-state index in [-0.39, 0.29) is 33.8 Å². The van der Waals surface area contributed by atoms with Crippen LogP contribution in [0.1, 0.15) is 53.6 Å². The van der Waals surface area contributed by atoms with Gasteiger partial charge in [-0.2, -0.15) is 0 Å². The third-order valence-corrected chi connectivity index (χ3v) is 8.45. The number of imidazole rings is 1. The molecule has 7 nitrogen and oxygen atoms in total. The zero-order chi connectivity index (χ0) is 28.8. The molecule has 2 aromatic carbocycles. The molecule has 5 aromatic rings. The number of fused-ring (bicyclic) bond motifs is 2. The van der Waals surface area contributed by atoms with Crippen LogP contribution in [0.4, 0.5) is 8.78 Å². The largest absolute Gasteiger partial charge is 0.349 e. The predicted molar refractivity (Wildman–Crippen MR) is 156 cm³/mol. The first-order valence-electron chi connectivity index (χ1n) is 13.7. The summed E-state index contributed by atoms with van der Waals surface area (Å²) in [7, 11) is 1.96. The van der Waals surface area contributed by atoms with Gasteiger partial charge in [-0.25, -0.2) is 18.6 Å². The first kappa shape index (κ1) is 27.2. The molecule has 10 heteroatoms. The summed E-state index contributed by atoms with van der Waals surface area (Å²) in [4.78, 5) is 31.3. The van der Waals surface area contributed by atoms with Crippen LogP contribution in [0.2, 0.25) is 5.02 Å². The topological polar surface area (TPSA) is 73.8 Å². The normalized spacial score (nSPS) is 17.5. The number of alkyl halides is 2. The van der Waals surface area contributed by atoms with Gasteiger partial charge in [0.05, 0.1) is 22.9 Å². The Morgan fingerprint density at radius 2 is 1.83 bits per heavy atom. The Morgan fingerprint density at radius 1 is 1.10 bits per heavy atom. The van der Waals surface area contributed by atoms with E-state index in [9.17, 15) is 18.4 Å². The minimum absolute atomic E-state index is 0.0904. The Kier molecular flexibility index (Phi) is 7.15. The number of rotatable bonds is 6. The molecule has 1 aliphatic carbocycles. The van der Waals surface area contributed by atoms with E-state index in [1.165, 1.54) is 18.2 Å². The molecule has 0 bridgehead atoms. The minimum Gasteiger partial charge on any atom is -0.349 e. The molecule has 0 unspecified atom stereocenters. The first-order valence-corrected chi connectivity index (χ1v) is 14.1. The zero-order valence-electron chi connectivity index (χ0n) is 22.8. The quantitative estimate of drug-likeness (QED) is 0.248. The highest BCUT2D eigenvalue weighted by Gasteiger charge is 2.27. The summed E-state index contributed by atoms with van der Waals surface area (Å²) in [5, 5.41) is 4.16.